The van der Waals surface area contributed by atoms with Crippen LogP contribution in [0.5, 0.6) is 11.5 Å². The van der Waals surface area contributed by atoms with E-state index in [0.29, 0.717) is 31.5 Å². The van der Waals surface area contributed by atoms with E-state index in [1.54, 1.807) is 0 Å². The third-order valence-corrected chi connectivity index (χ3v) is 5.64. The number of rotatable bonds is 3. The number of hydrogen-bond acceptors (Lipinski definition) is 4. The summed E-state index contributed by atoms with van der Waals surface area (Å²) in [6.45, 7) is 0.784. The van der Waals surface area contributed by atoms with Gasteiger partial charge in [0.2, 0.25) is 0 Å². The molecule has 1 aliphatic rings. The zero-order valence-corrected chi connectivity index (χ0v) is 15.8. The number of fused-ring (bicyclic) bond motifs is 1. The van der Waals surface area contributed by atoms with Crippen LogP contribution in [0.1, 0.15) is 12.0 Å². The SMILES string of the molecule is O=S(=O)(Nc1cc2c(cc1Cl)OCCCO2)c1ccc(Cl)c(C(F)(F)F)c1. The molecule has 11 heteroatoms. The molecule has 0 spiro atoms. The molecule has 0 saturated carbocycles. The summed E-state index contributed by atoms with van der Waals surface area (Å²) in [5.74, 6) is 0.632. The van der Waals surface area contributed by atoms with E-state index in [0.717, 1.165) is 12.1 Å². The van der Waals surface area contributed by atoms with Crippen molar-refractivity contribution in [3.8, 4) is 11.5 Å². The highest BCUT2D eigenvalue weighted by molar-refractivity contribution is 7.92. The van der Waals surface area contributed by atoms with Gasteiger partial charge in [0.1, 0.15) is 0 Å². The third-order valence-electron chi connectivity index (χ3n) is 3.64. The van der Waals surface area contributed by atoms with Crippen molar-refractivity contribution in [3.63, 3.8) is 0 Å². The van der Waals surface area contributed by atoms with Gasteiger partial charge >= 0.3 is 6.18 Å². The van der Waals surface area contributed by atoms with Gasteiger partial charge in [-0.3, -0.25) is 4.72 Å². The molecule has 0 bridgehead atoms. The summed E-state index contributed by atoms with van der Waals surface area (Å²) in [7, 11) is -4.36. The van der Waals surface area contributed by atoms with E-state index in [1.165, 1.54) is 12.1 Å². The van der Waals surface area contributed by atoms with Gasteiger partial charge in [-0.15, -0.1) is 0 Å². The average Bonchev–Trinajstić information content (AvgIpc) is 2.79. The van der Waals surface area contributed by atoms with Crippen molar-refractivity contribution in [2.45, 2.75) is 17.5 Å². The zero-order valence-electron chi connectivity index (χ0n) is 13.4. The third kappa shape index (κ3) is 4.36. The van der Waals surface area contributed by atoms with E-state index in [2.05, 4.69) is 4.72 Å². The fraction of sp³-hybridized carbons (Fsp3) is 0.250. The summed E-state index contributed by atoms with van der Waals surface area (Å²) >= 11 is 11.6. The topological polar surface area (TPSA) is 64.6 Å². The van der Waals surface area contributed by atoms with Crippen molar-refractivity contribution in [1.29, 1.82) is 0 Å². The minimum absolute atomic E-state index is 0.00725. The first-order valence-electron chi connectivity index (χ1n) is 7.56. The number of nitrogens with one attached hydrogen (secondary N) is 1. The molecule has 0 amide bonds. The van der Waals surface area contributed by atoms with Crippen LogP contribution in [0, 0.1) is 0 Å². The highest BCUT2D eigenvalue weighted by Gasteiger charge is 2.34. The van der Waals surface area contributed by atoms with Crippen LogP contribution in [0.2, 0.25) is 10.0 Å². The molecular formula is C16H12Cl2F3NO4S. The van der Waals surface area contributed by atoms with Crippen molar-refractivity contribution >= 4 is 38.9 Å². The highest BCUT2D eigenvalue weighted by atomic mass is 35.5. The number of benzene rings is 2. The maximum Gasteiger partial charge on any atom is 0.417 e. The molecule has 3 rings (SSSR count). The lowest BCUT2D eigenvalue weighted by atomic mass is 10.2. The Kier molecular flexibility index (Phi) is 5.38. The van der Waals surface area contributed by atoms with E-state index in [1.807, 2.05) is 0 Å². The number of ether oxygens (including phenoxy) is 2. The molecule has 27 heavy (non-hydrogen) atoms. The fourth-order valence-corrected chi connectivity index (χ4v) is 3.93. The standard InChI is InChI=1S/C16H12Cl2F3NO4S/c17-11-3-2-9(6-10(11)16(19,20)21)27(23,24)22-13-8-15-14(7-12(13)18)25-4-1-5-26-15/h2-3,6-8,22H,1,4-5H2. The molecule has 2 aromatic rings. The predicted octanol–water partition coefficient (Wildman–Crippen LogP) is 4.97. The molecule has 0 aliphatic carbocycles. The van der Waals surface area contributed by atoms with Crippen LogP contribution < -0.4 is 14.2 Å². The second-order valence-corrected chi connectivity index (χ2v) is 8.07. The van der Waals surface area contributed by atoms with Gasteiger partial charge in [-0.05, 0) is 18.2 Å². The van der Waals surface area contributed by atoms with E-state index < -0.39 is 31.7 Å². The van der Waals surface area contributed by atoms with Gasteiger partial charge in [0.25, 0.3) is 10.0 Å². The first-order valence-corrected chi connectivity index (χ1v) is 9.80. The van der Waals surface area contributed by atoms with Crippen LogP contribution in [0.4, 0.5) is 18.9 Å². The molecule has 5 nitrogen and oxygen atoms in total. The summed E-state index contributed by atoms with van der Waals surface area (Å²) < 4.78 is 77.1. The van der Waals surface area contributed by atoms with E-state index >= 15 is 0 Å². The second-order valence-electron chi connectivity index (χ2n) is 5.57. The molecule has 0 unspecified atom stereocenters. The van der Waals surface area contributed by atoms with Crippen LogP contribution in [-0.2, 0) is 16.2 Å². The monoisotopic (exact) mass is 441 g/mol. The van der Waals surface area contributed by atoms with E-state index in [-0.39, 0.29) is 16.5 Å². The molecule has 1 aliphatic heterocycles. The normalized spacial score (nSPS) is 14.6. The van der Waals surface area contributed by atoms with Gasteiger partial charge in [-0.2, -0.15) is 13.2 Å². The largest absolute Gasteiger partial charge is 0.490 e. The maximum absolute atomic E-state index is 13.0. The lowest BCUT2D eigenvalue weighted by Crippen LogP contribution is -2.15. The number of hydrogen-bond donors (Lipinski definition) is 1. The molecule has 0 atom stereocenters. The number of halogens is 5. The van der Waals surface area contributed by atoms with Gasteiger partial charge in [0.15, 0.2) is 11.5 Å². The summed E-state index contributed by atoms with van der Waals surface area (Å²) in [4.78, 5) is -0.609. The molecular weight excluding hydrogens is 430 g/mol. The van der Waals surface area contributed by atoms with E-state index in [9.17, 15) is 21.6 Å². The highest BCUT2D eigenvalue weighted by Crippen LogP contribution is 2.39. The van der Waals surface area contributed by atoms with Crippen molar-refractivity contribution in [3.05, 3.63) is 45.9 Å². The average molecular weight is 442 g/mol. The number of sulfonamides is 1. The fourth-order valence-electron chi connectivity index (χ4n) is 2.35. The first kappa shape index (κ1) is 19.9. The Balaban J connectivity index is 1.97. The summed E-state index contributed by atoms with van der Waals surface area (Å²) in [6.07, 6.45) is -4.16. The smallest absolute Gasteiger partial charge is 0.417 e. The molecule has 0 fully saturated rings. The van der Waals surface area contributed by atoms with Crippen molar-refractivity contribution in [2.75, 3.05) is 17.9 Å². The number of anilines is 1. The molecule has 0 radical (unpaired) electrons. The van der Waals surface area contributed by atoms with Crippen molar-refractivity contribution < 1.29 is 31.1 Å². The number of alkyl halides is 3. The zero-order chi connectivity index (χ0) is 19.8. The summed E-state index contributed by atoms with van der Waals surface area (Å²) in [5.41, 5.74) is -1.30. The Morgan fingerprint density at radius 3 is 2.22 bits per heavy atom. The van der Waals surface area contributed by atoms with Gasteiger partial charge in [-0.25, -0.2) is 8.42 Å². The van der Waals surface area contributed by atoms with Crippen LogP contribution in [-0.4, -0.2) is 21.6 Å². The minimum Gasteiger partial charge on any atom is -0.490 e. The lowest BCUT2D eigenvalue weighted by molar-refractivity contribution is -0.137. The van der Waals surface area contributed by atoms with Gasteiger partial charge < -0.3 is 9.47 Å². The van der Waals surface area contributed by atoms with E-state index in [4.69, 9.17) is 32.7 Å². The van der Waals surface area contributed by atoms with Gasteiger partial charge in [0.05, 0.1) is 39.4 Å². The van der Waals surface area contributed by atoms with Gasteiger partial charge in [0, 0.05) is 18.6 Å². The van der Waals surface area contributed by atoms with Crippen LogP contribution in [0.25, 0.3) is 0 Å². The minimum atomic E-state index is -4.80. The van der Waals surface area contributed by atoms with Gasteiger partial charge in [-0.1, -0.05) is 23.2 Å². The molecule has 1 N–H and O–H groups in total. The lowest BCUT2D eigenvalue weighted by Gasteiger charge is -2.15. The van der Waals surface area contributed by atoms with Crippen LogP contribution >= 0.6 is 23.2 Å². The van der Waals surface area contributed by atoms with Crippen molar-refractivity contribution in [2.24, 2.45) is 0 Å². The Morgan fingerprint density at radius 2 is 1.59 bits per heavy atom. The Bertz CT molecular complexity index is 980. The second kappa shape index (κ2) is 7.29. The summed E-state index contributed by atoms with van der Waals surface area (Å²) in [6, 6.07) is 5.00. The molecule has 0 aromatic heterocycles. The summed E-state index contributed by atoms with van der Waals surface area (Å²) in [5, 5.41) is -0.595. The Labute approximate surface area is 163 Å². The Morgan fingerprint density at radius 1 is 0.963 bits per heavy atom. The molecule has 146 valence electrons. The Hall–Kier alpha value is -1.84. The maximum atomic E-state index is 13.0. The first-order chi connectivity index (χ1) is 12.6. The van der Waals surface area contributed by atoms with Crippen LogP contribution in [0.15, 0.2) is 35.2 Å². The molecule has 1 heterocycles. The molecule has 0 saturated heterocycles. The predicted molar refractivity (Wildman–Crippen MR) is 94.3 cm³/mol. The van der Waals surface area contributed by atoms with Crippen molar-refractivity contribution in [1.82, 2.24) is 0 Å². The quantitative estimate of drug-likeness (QED) is 0.729. The van der Waals surface area contributed by atoms with Crippen LogP contribution in [0.3, 0.4) is 0 Å². The molecule has 2 aromatic carbocycles.